The second-order valence-corrected chi connectivity index (χ2v) is 6.10. The van der Waals surface area contributed by atoms with Crippen molar-refractivity contribution < 1.29 is 4.79 Å². The van der Waals surface area contributed by atoms with Crippen molar-refractivity contribution in [3.63, 3.8) is 0 Å². The number of nitrogens with zero attached hydrogens (tertiary/aromatic N) is 1. The van der Waals surface area contributed by atoms with Crippen LogP contribution in [0.15, 0.2) is 23.6 Å². The number of anilines is 1. The smallest absolute Gasteiger partial charge is 0.257 e. The van der Waals surface area contributed by atoms with E-state index in [1.54, 1.807) is 0 Å². The molecule has 0 aliphatic rings. The van der Waals surface area contributed by atoms with Crippen LogP contribution in [0.2, 0.25) is 0 Å². The summed E-state index contributed by atoms with van der Waals surface area (Å²) in [7, 11) is 0. The van der Waals surface area contributed by atoms with Gasteiger partial charge >= 0.3 is 0 Å². The fourth-order valence-corrected chi connectivity index (χ4v) is 3.38. The highest BCUT2D eigenvalue weighted by atomic mass is 32.1. The lowest BCUT2D eigenvalue weighted by Gasteiger charge is -2.20. The molecule has 2 N–H and O–H groups in total. The lowest BCUT2D eigenvalue weighted by Crippen LogP contribution is -2.31. The minimum absolute atomic E-state index is 0.0220. The molecule has 1 heterocycles. The molecule has 0 unspecified atom stereocenters. The molecule has 2 aromatic rings. The van der Waals surface area contributed by atoms with Gasteiger partial charge in [-0.05, 0) is 38.8 Å². The molecule has 0 aliphatic heterocycles. The number of carbonyl (C=O) groups is 1. The minimum atomic E-state index is 0.0220. The SMILES string of the molecule is CCN(CC)C(=O)c1c(-c2ccc(C)cc2C)csc1N. The van der Waals surface area contributed by atoms with E-state index in [9.17, 15) is 4.79 Å². The predicted molar refractivity (Wildman–Crippen MR) is 90.9 cm³/mol. The number of hydrogen-bond donors (Lipinski definition) is 1. The van der Waals surface area contributed by atoms with E-state index in [0.717, 1.165) is 11.1 Å². The number of thiophene rings is 1. The molecule has 1 amide bonds. The topological polar surface area (TPSA) is 46.3 Å². The Labute approximate surface area is 130 Å². The molecule has 0 saturated heterocycles. The molecule has 3 nitrogen and oxygen atoms in total. The summed E-state index contributed by atoms with van der Waals surface area (Å²) < 4.78 is 0. The molecule has 0 spiro atoms. The summed E-state index contributed by atoms with van der Waals surface area (Å²) in [6.07, 6.45) is 0. The number of carbonyl (C=O) groups excluding carboxylic acids is 1. The largest absolute Gasteiger partial charge is 0.390 e. The summed E-state index contributed by atoms with van der Waals surface area (Å²) >= 11 is 1.44. The Hall–Kier alpha value is -1.81. The van der Waals surface area contributed by atoms with E-state index in [2.05, 4.69) is 32.0 Å². The molecule has 0 radical (unpaired) electrons. The summed E-state index contributed by atoms with van der Waals surface area (Å²) in [6, 6.07) is 6.28. The van der Waals surface area contributed by atoms with Crippen molar-refractivity contribution >= 4 is 22.2 Å². The van der Waals surface area contributed by atoms with Gasteiger partial charge < -0.3 is 10.6 Å². The van der Waals surface area contributed by atoms with Crippen LogP contribution in [0.5, 0.6) is 0 Å². The van der Waals surface area contributed by atoms with E-state index in [0.29, 0.717) is 23.7 Å². The van der Waals surface area contributed by atoms with Crippen LogP contribution in [-0.4, -0.2) is 23.9 Å². The second-order valence-electron chi connectivity index (χ2n) is 5.18. The number of amides is 1. The molecular weight excluding hydrogens is 280 g/mol. The zero-order valence-corrected chi connectivity index (χ0v) is 13.9. The van der Waals surface area contributed by atoms with E-state index >= 15 is 0 Å². The average Bonchev–Trinajstić information content (AvgIpc) is 2.81. The van der Waals surface area contributed by atoms with Gasteiger partial charge in [-0.25, -0.2) is 0 Å². The Morgan fingerprint density at radius 2 is 1.86 bits per heavy atom. The standard InChI is InChI=1S/C17H22N2OS/c1-5-19(6-2)17(20)15-14(10-21-16(15)18)13-8-7-11(3)9-12(13)4/h7-10H,5-6,18H2,1-4H3. The maximum Gasteiger partial charge on any atom is 0.257 e. The van der Waals surface area contributed by atoms with Gasteiger partial charge in [0.05, 0.1) is 10.6 Å². The minimum Gasteiger partial charge on any atom is -0.390 e. The van der Waals surface area contributed by atoms with E-state index < -0.39 is 0 Å². The Bertz CT molecular complexity index is 657. The normalized spacial score (nSPS) is 10.7. The van der Waals surface area contributed by atoms with Gasteiger partial charge in [-0.15, -0.1) is 11.3 Å². The fraction of sp³-hybridized carbons (Fsp3) is 0.353. The van der Waals surface area contributed by atoms with Gasteiger partial charge in [-0.2, -0.15) is 0 Å². The van der Waals surface area contributed by atoms with Crippen molar-refractivity contribution in [2.45, 2.75) is 27.7 Å². The quantitative estimate of drug-likeness (QED) is 0.924. The zero-order valence-electron chi connectivity index (χ0n) is 13.1. The molecule has 112 valence electrons. The number of nitrogen functional groups attached to an aromatic ring is 1. The van der Waals surface area contributed by atoms with Crippen LogP contribution in [0.25, 0.3) is 11.1 Å². The van der Waals surface area contributed by atoms with Gasteiger partial charge in [-0.3, -0.25) is 4.79 Å². The molecule has 2 rings (SSSR count). The van der Waals surface area contributed by atoms with Crippen molar-refractivity contribution in [1.82, 2.24) is 4.90 Å². The van der Waals surface area contributed by atoms with Gasteiger partial charge in [0, 0.05) is 24.0 Å². The van der Waals surface area contributed by atoms with Crippen LogP contribution < -0.4 is 5.73 Å². The highest BCUT2D eigenvalue weighted by Crippen LogP contribution is 2.36. The van der Waals surface area contributed by atoms with Crippen LogP contribution in [-0.2, 0) is 0 Å². The number of rotatable bonds is 4. The lowest BCUT2D eigenvalue weighted by molar-refractivity contribution is 0.0775. The summed E-state index contributed by atoms with van der Waals surface area (Å²) in [6.45, 7) is 9.50. The van der Waals surface area contributed by atoms with E-state index in [4.69, 9.17) is 5.73 Å². The van der Waals surface area contributed by atoms with E-state index in [1.165, 1.54) is 22.5 Å². The van der Waals surface area contributed by atoms with E-state index in [-0.39, 0.29) is 5.91 Å². The molecule has 0 bridgehead atoms. The third-order valence-corrected chi connectivity index (χ3v) is 4.57. The van der Waals surface area contributed by atoms with E-state index in [1.807, 2.05) is 24.1 Å². The van der Waals surface area contributed by atoms with Crippen molar-refractivity contribution in [3.05, 3.63) is 40.3 Å². The number of benzene rings is 1. The molecule has 0 fully saturated rings. The van der Waals surface area contributed by atoms with Crippen molar-refractivity contribution in [1.29, 1.82) is 0 Å². The number of hydrogen-bond acceptors (Lipinski definition) is 3. The van der Waals surface area contributed by atoms with Crippen LogP contribution in [0.1, 0.15) is 35.3 Å². The molecular formula is C17H22N2OS. The summed E-state index contributed by atoms with van der Waals surface area (Å²) in [5.74, 6) is 0.0220. The van der Waals surface area contributed by atoms with Gasteiger partial charge in [0.2, 0.25) is 0 Å². The lowest BCUT2D eigenvalue weighted by atomic mass is 9.97. The summed E-state index contributed by atoms with van der Waals surface area (Å²) in [5.41, 5.74) is 11.2. The zero-order chi connectivity index (χ0) is 15.6. The van der Waals surface area contributed by atoms with Gasteiger partial charge in [0.15, 0.2) is 0 Å². The first kappa shape index (κ1) is 15.6. The van der Waals surface area contributed by atoms with Crippen LogP contribution >= 0.6 is 11.3 Å². The maximum atomic E-state index is 12.7. The van der Waals surface area contributed by atoms with Gasteiger partial charge in [0.25, 0.3) is 5.91 Å². The molecule has 0 aliphatic carbocycles. The molecule has 4 heteroatoms. The second kappa shape index (κ2) is 6.31. The maximum absolute atomic E-state index is 12.7. The summed E-state index contributed by atoms with van der Waals surface area (Å²) in [4.78, 5) is 14.5. The predicted octanol–water partition coefficient (Wildman–Crippen LogP) is 4.10. The Morgan fingerprint density at radius 1 is 1.19 bits per heavy atom. The third-order valence-electron chi connectivity index (χ3n) is 3.76. The first-order valence-electron chi connectivity index (χ1n) is 7.23. The first-order chi connectivity index (χ1) is 9.99. The summed E-state index contributed by atoms with van der Waals surface area (Å²) in [5, 5.41) is 2.59. The Kier molecular flexibility index (Phi) is 4.68. The molecule has 0 saturated carbocycles. The van der Waals surface area contributed by atoms with Crippen molar-refractivity contribution in [3.8, 4) is 11.1 Å². The first-order valence-corrected chi connectivity index (χ1v) is 8.11. The Morgan fingerprint density at radius 3 is 2.43 bits per heavy atom. The van der Waals surface area contributed by atoms with Gasteiger partial charge in [0.1, 0.15) is 0 Å². The highest BCUT2D eigenvalue weighted by molar-refractivity contribution is 7.15. The molecule has 0 atom stereocenters. The number of aryl methyl sites for hydroxylation is 2. The molecule has 21 heavy (non-hydrogen) atoms. The van der Waals surface area contributed by atoms with Crippen molar-refractivity contribution in [2.75, 3.05) is 18.8 Å². The fourth-order valence-electron chi connectivity index (χ4n) is 2.58. The van der Waals surface area contributed by atoms with Gasteiger partial charge in [-0.1, -0.05) is 23.8 Å². The highest BCUT2D eigenvalue weighted by Gasteiger charge is 2.22. The van der Waals surface area contributed by atoms with Crippen LogP contribution in [0, 0.1) is 13.8 Å². The molecule has 1 aromatic carbocycles. The third kappa shape index (κ3) is 2.95. The average molecular weight is 302 g/mol. The van der Waals surface area contributed by atoms with Crippen LogP contribution in [0.4, 0.5) is 5.00 Å². The van der Waals surface area contributed by atoms with Crippen LogP contribution in [0.3, 0.4) is 0 Å². The molecule has 1 aromatic heterocycles. The Balaban J connectivity index is 2.54. The number of nitrogens with two attached hydrogens (primary N) is 1. The van der Waals surface area contributed by atoms with Crippen molar-refractivity contribution in [2.24, 2.45) is 0 Å². The monoisotopic (exact) mass is 302 g/mol.